The summed E-state index contributed by atoms with van der Waals surface area (Å²) in [5.74, 6) is -0.822. The molecule has 0 bridgehead atoms. The average Bonchev–Trinajstić information content (AvgIpc) is 3.45. The lowest BCUT2D eigenvalue weighted by Gasteiger charge is -2.06. The van der Waals surface area contributed by atoms with Gasteiger partial charge in [-0.2, -0.15) is 5.10 Å². The van der Waals surface area contributed by atoms with E-state index in [0.717, 1.165) is 17.1 Å². The van der Waals surface area contributed by atoms with Crippen molar-refractivity contribution in [2.24, 2.45) is 5.73 Å². The topological polar surface area (TPSA) is 119 Å². The molecular formula is C20H17ClN6O2S. The van der Waals surface area contributed by atoms with Crippen molar-refractivity contribution in [2.75, 3.05) is 5.32 Å². The maximum atomic E-state index is 12.6. The molecule has 0 aliphatic rings. The van der Waals surface area contributed by atoms with Gasteiger partial charge in [0.1, 0.15) is 5.69 Å². The van der Waals surface area contributed by atoms with Gasteiger partial charge in [0.05, 0.1) is 27.8 Å². The molecule has 0 radical (unpaired) electrons. The predicted molar refractivity (Wildman–Crippen MR) is 116 cm³/mol. The van der Waals surface area contributed by atoms with E-state index in [-0.39, 0.29) is 5.91 Å². The monoisotopic (exact) mass is 440 g/mol. The molecule has 0 saturated heterocycles. The van der Waals surface area contributed by atoms with Gasteiger partial charge in [-0.3, -0.25) is 14.9 Å². The number of nitrogens with two attached hydrogens (primary N) is 1. The lowest BCUT2D eigenvalue weighted by atomic mass is 10.2. The summed E-state index contributed by atoms with van der Waals surface area (Å²) in [6.07, 6.45) is 1.64. The number of thiazole rings is 1. The number of hydrogen-bond donors (Lipinski definition) is 3. The number of benzene rings is 1. The number of aromatic nitrogens is 4. The number of amides is 2. The number of carbonyl (C=O) groups is 2. The normalized spacial score (nSPS) is 10.9. The molecule has 3 aromatic heterocycles. The largest absolute Gasteiger partial charge is 0.364 e. The lowest BCUT2D eigenvalue weighted by Crippen LogP contribution is -2.12. The number of primary amides is 1. The Morgan fingerprint density at radius 3 is 2.57 bits per heavy atom. The molecule has 2 amide bonds. The molecule has 152 valence electrons. The quantitative estimate of drug-likeness (QED) is 0.435. The smallest absolute Gasteiger partial charge is 0.265 e. The van der Waals surface area contributed by atoms with Crippen LogP contribution in [0.25, 0.3) is 16.9 Å². The van der Waals surface area contributed by atoms with E-state index in [0.29, 0.717) is 32.7 Å². The van der Waals surface area contributed by atoms with Crippen molar-refractivity contribution >= 4 is 39.9 Å². The molecule has 4 N–H and O–H groups in total. The van der Waals surface area contributed by atoms with Gasteiger partial charge in [-0.15, -0.1) is 11.3 Å². The molecule has 0 saturated carbocycles. The number of nitrogens with one attached hydrogen (secondary N) is 2. The first kappa shape index (κ1) is 19.9. The van der Waals surface area contributed by atoms with Crippen molar-refractivity contribution < 1.29 is 9.59 Å². The number of rotatable bonds is 5. The first-order valence-corrected chi connectivity index (χ1v) is 10.2. The zero-order chi connectivity index (χ0) is 21.4. The van der Waals surface area contributed by atoms with E-state index in [9.17, 15) is 9.59 Å². The molecule has 0 aliphatic heterocycles. The molecule has 0 spiro atoms. The zero-order valence-electron chi connectivity index (χ0n) is 16.1. The minimum absolute atomic E-state index is 0.277. The number of aryl methyl sites for hydroxylation is 1. The highest BCUT2D eigenvalue weighted by molar-refractivity contribution is 7.14. The Morgan fingerprint density at radius 1 is 1.23 bits per heavy atom. The van der Waals surface area contributed by atoms with E-state index in [2.05, 4.69) is 20.4 Å². The number of aromatic amines is 1. The molecule has 1 aromatic carbocycles. The fourth-order valence-electron chi connectivity index (χ4n) is 2.95. The summed E-state index contributed by atoms with van der Waals surface area (Å²) >= 11 is 7.49. The van der Waals surface area contributed by atoms with Gasteiger partial charge < -0.3 is 10.7 Å². The van der Waals surface area contributed by atoms with Crippen LogP contribution in [-0.4, -0.2) is 31.6 Å². The molecule has 0 atom stereocenters. The Labute approximate surface area is 180 Å². The van der Waals surface area contributed by atoms with Crippen LogP contribution in [0.4, 0.5) is 5.13 Å². The van der Waals surface area contributed by atoms with Gasteiger partial charge in [-0.1, -0.05) is 11.6 Å². The van der Waals surface area contributed by atoms with Crippen LogP contribution >= 0.6 is 22.9 Å². The highest BCUT2D eigenvalue weighted by atomic mass is 35.5. The fraction of sp³-hybridized carbons (Fsp3) is 0.100. The van der Waals surface area contributed by atoms with Crippen LogP contribution in [0, 0.1) is 13.8 Å². The van der Waals surface area contributed by atoms with Gasteiger partial charge in [-0.05, 0) is 44.2 Å². The van der Waals surface area contributed by atoms with Crippen molar-refractivity contribution in [1.29, 1.82) is 0 Å². The number of H-pyrrole nitrogens is 1. The number of halogens is 1. The number of nitrogens with zero attached hydrogens (tertiary/aromatic N) is 3. The van der Waals surface area contributed by atoms with Crippen LogP contribution < -0.4 is 11.1 Å². The van der Waals surface area contributed by atoms with Gasteiger partial charge in [0.2, 0.25) is 0 Å². The summed E-state index contributed by atoms with van der Waals surface area (Å²) in [5, 5.41) is 10.1. The Hall–Kier alpha value is -3.43. The van der Waals surface area contributed by atoms with Gasteiger partial charge in [-0.25, -0.2) is 9.67 Å². The molecule has 8 nitrogen and oxygen atoms in total. The Morgan fingerprint density at radius 2 is 1.97 bits per heavy atom. The number of hydrogen-bond acceptors (Lipinski definition) is 5. The second kappa shape index (κ2) is 7.77. The fourth-order valence-corrected chi connectivity index (χ4v) is 3.78. The van der Waals surface area contributed by atoms with Crippen LogP contribution in [0.5, 0.6) is 0 Å². The van der Waals surface area contributed by atoms with E-state index in [1.54, 1.807) is 34.5 Å². The summed E-state index contributed by atoms with van der Waals surface area (Å²) in [4.78, 5) is 31.0. The van der Waals surface area contributed by atoms with Crippen molar-refractivity contribution in [3.8, 4) is 16.9 Å². The van der Waals surface area contributed by atoms with E-state index in [1.807, 2.05) is 26.0 Å². The third-order valence-electron chi connectivity index (χ3n) is 4.55. The Balaban J connectivity index is 1.48. The molecular weight excluding hydrogens is 424 g/mol. The van der Waals surface area contributed by atoms with E-state index < -0.39 is 5.91 Å². The van der Waals surface area contributed by atoms with E-state index in [4.69, 9.17) is 17.3 Å². The zero-order valence-corrected chi connectivity index (χ0v) is 17.6. The van der Waals surface area contributed by atoms with Gasteiger partial charge >= 0.3 is 0 Å². The summed E-state index contributed by atoms with van der Waals surface area (Å²) in [5.41, 5.74) is 9.79. The summed E-state index contributed by atoms with van der Waals surface area (Å²) in [6.45, 7) is 3.73. The highest BCUT2D eigenvalue weighted by Crippen LogP contribution is 2.26. The third kappa shape index (κ3) is 3.72. The van der Waals surface area contributed by atoms with Crippen LogP contribution in [0.3, 0.4) is 0 Å². The lowest BCUT2D eigenvalue weighted by molar-refractivity contribution is 0.0994. The Bertz CT molecular complexity index is 1250. The van der Waals surface area contributed by atoms with Gasteiger partial charge in [0, 0.05) is 22.7 Å². The number of anilines is 1. The predicted octanol–water partition coefficient (Wildman–Crippen LogP) is 3.95. The van der Waals surface area contributed by atoms with E-state index in [1.165, 1.54) is 11.3 Å². The third-order valence-corrected chi connectivity index (χ3v) is 5.85. The first-order valence-electron chi connectivity index (χ1n) is 8.91. The summed E-state index contributed by atoms with van der Waals surface area (Å²) in [7, 11) is 0. The summed E-state index contributed by atoms with van der Waals surface area (Å²) in [6, 6.07) is 8.67. The molecule has 0 unspecified atom stereocenters. The van der Waals surface area contributed by atoms with Crippen molar-refractivity contribution in [3.05, 3.63) is 69.6 Å². The molecule has 0 fully saturated rings. The van der Waals surface area contributed by atoms with Crippen molar-refractivity contribution in [3.63, 3.8) is 0 Å². The second-order valence-corrected chi connectivity index (χ2v) is 7.84. The molecule has 0 aliphatic carbocycles. The second-order valence-electron chi connectivity index (χ2n) is 6.60. The van der Waals surface area contributed by atoms with Crippen LogP contribution in [0.15, 0.2) is 41.9 Å². The van der Waals surface area contributed by atoms with Crippen LogP contribution in [-0.2, 0) is 0 Å². The SMILES string of the molecule is Cc1nn(-c2ccc(C(=O)Nc3nc(-c4c[nH]c(C(N)=O)c4)cs3)cc2)c(C)c1Cl. The maximum absolute atomic E-state index is 12.6. The average molecular weight is 441 g/mol. The van der Waals surface area contributed by atoms with Crippen LogP contribution in [0.1, 0.15) is 32.2 Å². The minimum Gasteiger partial charge on any atom is -0.364 e. The first-order chi connectivity index (χ1) is 14.3. The maximum Gasteiger partial charge on any atom is 0.265 e. The van der Waals surface area contributed by atoms with Crippen molar-refractivity contribution in [1.82, 2.24) is 19.7 Å². The minimum atomic E-state index is -0.545. The standard InChI is InChI=1S/C20H17ClN6O2S/c1-10-17(21)11(2)27(26-10)14-5-3-12(4-6-14)19(29)25-20-24-16(9-30-20)13-7-15(18(22)28)23-8-13/h3-9,23H,1-2H3,(H2,22,28)(H,24,25,29). The van der Waals surface area contributed by atoms with Gasteiger partial charge in [0.25, 0.3) is 11.8 Å². The number of carbonyl (C=O) groups excluding carboxylic acids is 2. The molecule has 30 heavy (non-hydrogen) atoms. The van der Waals surface area contributed by atoms with Gasteiger partial charge in [0.15, 0.2) is 5.13 Å². The van der Waals surface area contributed by atoms with Crippen molar-refractivity contribution in [2.45, 2.75) is 13.8 Å². The summed E-state index contributed by atoms with van der Waals surface area (Å²) < 4.78 is 1.74. The Kier molecular flexibility index (Phi) is 5.15. The molecule has 10 heteroatoms. The highest BCUT2D eigenvalue weighted by Gasteiger charge is 2.14. The molecule has 4 aromatic rings. The molecule has 4 rings (SSSR count). The van der Waals surface area contributed by atoms with Crippen LogP contribution in [0.2, 0.25) is 5.02 Å². The van der Waals surface area contributed by atoms with E-state index >= 15 is 0 Å². The molecule has 3 heterocycles.